The SMILES string of the molecule is COc1ccc(OCc2nc(CCN(C)C(=O)Cc3ccc(F)cc3)no2)cc1. The molecule has 3 rings (SSSR count). The van der Waals surface area contributed by atoms with Crippen molar-refractivity contribution in [1.29, 1.82) is 0 Å². The topological polar surface area (TPSA) is 77.7 Å². The van der Waals surface area contributed by atoms with Crippen molar-refractivity contribution in [3.05, 3.63) is 71.6 Å². The van der Waals surface area contributed by atoms with Crippen molar-refractivity contribution in [3.8, 4) is 11.5 Å². The Morgan fingerprint density at radius 2 is 1.79 bits per heavy atom. The summed E-state index contributed by atoms with van der Waals surface area (Å²) in [6.45, 7) is 0.594. The van der Waals surface area contributed by atoms with E-state index < -0.39 is 0 Å². The molecule has 0 spiro atoms. The predicted molar refractivity (Wildman–Crippen MR) is 103 cm³/mol. The van der Waals surface area contributed by atoms with Crippen LogP contribution in [0, 0.1) is 5.82 Å². The molecular formula is C21H22FN3O4. The van der Waals surface area contributed by atoms with Crippen LogP contribution in [-0.4, -0.2) is 41.6 Å². The van der Waals surface area contributed by atoms with Gasteiger partial charge in [0.2, 0.25) is 5.91 Å². The molecule has 8 heteroatoms. The van der Waals surface area contributed by atoms with Gasteiger partial charge in [0.05, 0.1) is 13.5 Å². The van der Waals surface area contributed by atoms with E-state index in [4.69, 9.17) is 14.0 Å². The lowest BCUT2D eigenvalue weighted by molar-refractivity contribution is -0.129. The number of carbonyl (C=O) groups is 1. The van der Waals surface area contributed by atoms with Gasteiger partial charge < -0.3 is 18.9 Å². The molecule has 152 valence electrons. The van der Waals surface area contributed by atoms with E-state index in [0.29, 0.717) is 30.4 Å². The lowest BCUT2D eigenvalue weighted by Crippen LogP contribution is -2.30. The van der Waals surface area contributed by atoms with Gasteiger partial charge in [-0.05, 0) is 42.0 Å². The molecule has 0 bridgehead atoms. The van der Waals surface area contributed by atoms with Crippen LogP contribution in [0.5, 0.6) is 11.5 Å². The number of benzene rings is 2. The second-order valence-corrected chi connectivity index (χ2v) is 6.44. The van der Waals surface area contributed by atoms with Crippen LogP contribution in [0.15, 0.2) is 53.1 Å². The molecule has 0 radical (unpaired) electrons. The van der Waals surface area contributed by atoms with E-state index in [9.17, 15) is 9.18 Å². The summed E-state index contributed by atoms with van der Waals surface area (Å²) in [7, 11) is 3.31. The maximum absolute atomic E-state index is 12.9. The number of halogens is 1. The van der Waals surface area contributed by atoms with Gasteiger partial charge in [-0.2, -0.15) is 4.98 Å². The molecule has 0 saturated heterocycles. The fourth-order valence-electron chi connectivity index (χ4n) is 2.57. The standard InChI is InChI=1S/C21H22FN3O4/c1-25(21(26)13-15-3-5-16(22)6-4-15)12-11-19-23-20(29-24-19)14-28-18-9-7-17(27-2)8-10-18/h3-10H,11-14H2,1-2H3. The Bertz CT molecular complexity index is 926. The highest BCUT2D eigenvalue weighted by Gasteiger charge is 2.13. The normalized spacial score (nSPS) is 10.6. The summed E-state index contributed by atoms with van der Waals surface area (Å²) in [6.07, 6.45) is 0.668. The first-order valence-corrected chi connectivity index (χ1v) is 9.10. The molecule has 2 aromatic carbocycles. The Morgan fingerprint density at radius 3 is 2.48 bits per heavy atom. The molecule has 0 N–H and O–H groups in total. The number of likely N-dealkylation sites (N-methyl/N-ethyl adjacent to an activating group) is 1. The van der Waals surface area contributed by atoms with Crippen molar-refractivity contribution in [2.45, 2.75) is 19.4 Å². The molecule has 0 aliphatic heterocycles. The Kier molecular flexibility index (Phi) is 6.78. The van der Waals surface area contributed by atoms with Gasteiger partial charge in [0, 0.05) is 20.0 Å². The molecule has 7 nitrogen and oxygen atoms in total. The van der Waals surface area contributed by atoms with Crippen molar-refractivity contribution >= 4 is 5.91 Å². The lowest BCUT2D eigenvalue weighted by atomic mass is 10.1. The summed E-state index contributed by atoms with van der Waals surface area (Å²) in [5.41, 5.74) is 0.765. The van der Waals surface area contributed by atoms with Crippen molar-refractivity contribution in [1.82, 2.24) is 15.0 Å². The van der Waals surface area contributed by atoms with E-state index in [2.05, 4.69) is 10.1 Å². The van der Waals surface area contributed by atoms with Gasteiger partial charge >= 0.3 is 0 Å². The smallest absolute Gasteiger partial charge is 0.264 e. The first kappa shape index (κ1) is 20.3. The molecule has 0 atom stereocenters. The van der Waals surface area contributed by atoms with Gasteiger partial charge in [-0.25, -0.2) is 4.39 Å². The zero-order valence-electron chi connectivity index (χ0n) is 16.3. The third-order valence-corrected chi connectivity index (χ3v) is 4.30. The molecule has 0 aliphatic carbocycles. The zero-order valence-corrected chi connectivity index (χ0v) is 16.3. The van der Waals surface area contributed by atoms with Crippen LogP contribution in [0.25, 0.3) is 0 Å². The summed E-state index contributed by atoms with van der Waals surface area (Å²) in [5.74, 6) is 1.88. The number of hydrogen-bond donors (Lipinski definition) is 0. The Morgan fingerprint density at radius 1 is 1.10 bits per heavy atom. The molecule has 1 amide bonds. The highest BCUT2D eigenvalue weighted by Crippen LogP contribution is 2.18. The number of aromatic nitrogens is 2. The second kappa shape index (κ2) is 9.68. The van der Waals surface area contributed by atoms with E-state index in [-0.39, 0.29) is 24.8 Å². The number of hydrogen-bond acceptors (Lipinski definition) is 6. The third-order valence-electron chi connectivity index (χ3n) is 4.30. The van der Waals surface area contributed by atoms with Crippen molar-refractivity contribution < 1.29 is 23.2 Å². The summed E-state index contributed by atoms with van der Waals surface area (Å²) in [6, 6.07) is 13.1. The van der Waals surface area contributed by atoms with E-state index in [1.807, 2.05) is 0 Å². The van der Waals surface area contributed by atoms with E-state index in [0.717, 1.165) is 11.3 Å². The average Bonchev–Trinajstić information content (AvgIpc) is 3.20. The van der Waals surface area contributed by atoms with Gasteiger partial charge in [-0.3, -0.25) is 4.79 Å². The largest absolute Gasteiger partial charge is 0.497 e. The Balaban J connectivity index is 1.44. The number of ether oxygens (including phenoxy) is 2. The quantitative estimate of drug-likeness (QED) is 0.550. The fraction of sp³-hybridized carbons (Fsp3) is 0.286. The molecule has 29 heavy (non-hydrogen) atoms. The van der Waals surface area contributed by atoms with Gasteiger partial charge in [-0.15, -0.1) is 0 Å². The van der Waals surface area contributed by atoms with E-state index in [1.165, 1.54) is 12.1 Å². The van der Waals surface area contributed by atoms with E-state index in [1.54, 1.807) is 55.5 Å². The minimum absolute atomic E-state index is 0.0665. The highest BCUT2D eigenvalue weighted by atomic mass is 19.1. The first-order valence-electron chi connectivity index (χ1n) is 9.10. The van der Waals surface area contributed by atoms with Crippen molar-refractivity contribution in [3.63, 3.8) is 0 Å². The monoisotopic (exact) mass is 399 g/mol. The van der Waals surface area contributed by atoms with Crippen molar-refractivity contribution in [2.75, 3.05) is 20.7 Å². The Labute approximate surface area is 168 Å². The molecule has 3 aromatic rings. The van der Waals surface area contributed by atoms with Crippen LogP contribution in [0.2, 0.25) is 0 Å². The number of nitrogens with zero attached hydrogens (tertiary/aromatic N) is 3. The predicted octanol–water partition coefficient (Wildman–Crippen LogP) is 3.04. The third kappa shape index (κ3) is 6.03. The average molecular weight is 399 g/mol. The van der Waals surface area contributed by atoms with Crippen LogP contribution in [0.3, 0.4) is 0 Å². The molecule has 0 aliphatic rings. The van der Waals surface area contributed by atoms with Gasteiger partial charge in [0.1, 0.15) is 17.3 Å². The van der Waals surface area contributed by atoms with Crippen LogP contribution in [0.4, 0.5) is 4.39 Å². The lowest BCUT2D eigenvalue weighted by Gasteiger charge is -2.16. The van der Waals surface area contributed by atoms with E-state index >= 15 is 0 Å². The summed E-state index contributed by atoms with van der Waals surface area (Å²) < 4.78 is 28.8. The zero-order chi connectivity index (χ0) is 20.6. The van der Waals surface area contributed by atoms with Gasteiger partial charge in [0.15, 0.2) is 12.4 Å². The van der Waals surface area contributed by atoms with Gasteiger partial charge in [0.25, 0.3) is 5.89 Å². The molecule has 0 fully saturated rings. The number of methoxy groups -OCH3 is 1. The molecular weight excluding hydrogens is 377 g/mol. The van der Waals surface area contributed by atoms with Crippen LogP contribution >= 0.6 is 0 Å². The maximum atomic E-state index is 12.9. The molecule has 0 saturated carbocycles. The summed E-state index contributed by atoms with van der Waals surface area (Å²) in [5, 5.41) is 3.92. The first-order chi connectivity index (χ1) is 14.0. The highest BCUT2D eigenvalue weighted by molar-refractivity contribution is 5.78. The number of amides is 1. The minimum Gasteiger partial charge on any atom is -0.497 e. The van der Waals surface area contributed by atoms with Crippen LogP contribution < -0.4 is 9.47 Å². The summed E-state index contributed by atoms with van der Waals surface area (Å²) in [4.78, 5) is 18.1. The number of rotatable bonds is 9. The Hall–Kier alpha value is -3.42. The number of carbonyl (C=O) groups excluding carboxylic acids is 1. The molecule has 0 unspecified atom stereocenters. The van der Waals surface area contributed by atoms with Crippen LogP contribution in [-0.2, 0) is 24.2 Å². The van der Waals surface area contributed by atoms with Gasteiger partial charge in [-0.1, -0.05) is 17.3 Å². The fourth-order valence-corrected chi connectivity index (χ4v) is 2.57. The second-order valence-electron chi connectivity index (χ2n) is 6.44. The summed E-state index contributed by atoms with van der Waals surface area (Å²) >= 11 is 0. The maximum Gasteiger partial charge on any atom is 0.264 e. The molecule has 1 aromatic heterocycles. The minimum atomic E-state index is -0.321. The van der Waals surface area contributed by atoms with Crippen LogP contribution in [0.1, 0.15) is 17.3 Å². The van der Waals surface area contributed by atoms with Crippen molar-refractivity contribution in [2.24, 2.45) is 0 Å². The molecule has 1 heterocycles.